The van der Waals surface area contributed by atoms with E-state index in [2.05, 4.69) is 0 Å². The summed E-state index contributed by atoms with van der Waals surface area (Å²) in [7, 11) is 0. The quantitative estimate of drug-likeness (QED) is 0.815. The Labute approximate surface area is 126 Å². The number of carbonyl (C=O) groups excluding carboxylic acids is 1. The molecule has 0 radical (unpaired) electrons. The predicted molar refractivity (Wildman–Crippen MR) is 83.9 cm³/mol. The van der Waals surface area contributed by atoms with Crippen LogP contribution in [0.1, 0.15) is 44.9 Å². The molecular weight excluding hydrogens is 272 g/mol. The molecule has 0 aromatic heterocycles. The van der Waals surface area contributed by atoms with Crippen LogP contribution in [0.3, 0.4) is 0 Å². The summed E-state index contributed by atoms with van der Waals surface area (Å²) < 4.78 is 6.13. The predicted octanol–water partition coefficient (Wildman–Crippen LogP) is 2.02. The van der Waals surface area contributed by atoms with E-state index < -0.39 is 0 Å². The fraction of sp³-hybridized carbons (Fsp3) is 0.933. The Morgan fingerprint density at radius 2 is 1.85 bits per heavy atom. The van der Waals surface area contributed by atoms with Gasteiger partial charge in [0.1, 0.15) is 0 Å². The fourth-order valence-corrected chi connectivity index (χ4v) is 3.60. The molecule has 1 amide bonds. The number of thioether (sulfide) groups is 1. The summed E-state index contributed by atoms with van der Waals surface area (Å²) in [4.78, 5) is 14.1. The van der Waals surface area contributed by atoms with E-state index in [1.807, 2.05) is 11.2 Å². The summed E-state index contributed by atoms with van der Waals surface area (Å²) in [6.07, 6.45) is 10.7. The third kappa shape index (κ3) is 4.64. The third-order valence-electron chi connectivity index (χ3n) is 4.39. The van der Waals surface area contributed by atoms with Gasteiger partial charge in [-0.1, -0.05) is 12.8 Å². The Hall–Kier alpha value is -0.260. The molecule has 4 nitrogen and oxygen atoms in total. The molecule has 2 fully saturated rings. The van der Waals surface area contributed by atoms with E-state index in [9.17, 15) is 4.79 Å². The number of amides is 1. The lowest BCUT2D eigenvalue weighted by Gasteiger charge is -2.34. The summed E-state index contributed by atoms with van der Waals surface area (Å²) in [5, 5.41) is 0. The largest absolute Gasteiger partial charge is 0.375 e. The van der Waals surface area contributed by atoms with Gasteiger partial charge in [0.25, 0.3) is 0 Å². The van der Waals surface area contributed by atoms with Gasteiger partial charge in [0, 0.05) is 13.1 Å². The number of hydrogen-bond donors (Lipinski definition) is 1. The number of likely N-dealkylation sites (tertiary alicyclic amines) is 1. The molecule has 0 spiro atoms. The summed E-state index contributed by atoms with van der Waals surface area (Å²) in [6.45, 7) is 1.62. The maximum atomic E-state index is 12.2. The summed E-state index contributed by atoms with van der Waals surface area (Å²) in [6, 6.07) is -0.324. The molecule has 1 saturated heterocycles. The van der Waals surface area contributed by atoms with Crippen LogP contribution in [0, 0.1) is 0 Å². The SMILES string of the molecule is CSCC[C@H](N)C(=O)N1CCC(OC2CCCC2)CC1. The second kappa shape index (κ2) is 8.25. The number of nitrogens with two attached hydrogens (primary N) is 1. The monoisotopic (exact) mass is 300 g/mol. The Morgan fingerprint density at radius 1 is 1.25 bits per heavy atom. The molecule has 0 aromatic carbocycles. The second-order valence-corrected chi connectivity index (χ2v) is 6.94. The Morgan fingerprint density at radius 3 is 2.45 bits per heavy atom. The minimum Gasteiger partial charge on any atom is -0.375 e. The fourth-order valence-electron chi connectivity index (χ4n) is 3.11. The summed E-state index contributed by atoms with van der Waals surface area (Å²) >= 11 is 1.74. The van der Waals surface area contributed by atoms with Crippen LogP contribution in [0.15, 0.2) is 0 Å². The first kappa shape index (κ1) is 16.1. The molecule has 1 aliphatic heterocycles. The van der Waals surface area contributed by atoms with Gasteiger partial charge in [0.15, 0.2) is 0 Å². The molecule has 1 aliphatic carbocycles. The highest BCUT2D eigenvalue weighted by molar-refractivity contribution is 7.98. The highest BCUT2D eigenvalue weighted by Crippen LogP contribution is 2.25. The van der Waals surface area contributed by atoms with Crippen LogP contribution >= 0.6 is 11.8 Å². The Bertz CT molecular complexity index is 300. The zero-order valence-electron chi connectivity index (χ0n) is 12.6. The molecule has 2 N–H and O–H groups in total. The molecule has 1 saturated carbocycles. The van der Waals surface area contributed by atoms with Gasteiger partial charge < -0.3 is 15.4 Å². The van der Waals surface area contributed by atoms with Gasteiger partial charge in [0.05, 0.1) is 18.2 Å². The van der Waals surface area contributed by atoms with Crippen LogP contribution in [-0.2, 0) is 9.53 Å². The topological polar surface area (TPSA) is 55.6 Å². The average Bonchev–Trinajstić information content (AvgIpc) is 2.97. The lowest BCUT2D eigenvalue weighted by atomic mass is 10.1. The van der Waals surface area contributed by atoms with E-state index in [0.717, 1.165) is 38.1 Å². The van der Waals surface area contributed by atoms with Gasteiger partial charge in [-0.05, 0) is 44.1 Å². The van der Waals surface area contributed by atoms with Crippen molar-refractivity contribution in [2.45, 2.75) is 63.2 Å². The number of carbonyl (C=O) groups is 1. The molecule has 20 heavy (non-hydrogen) atoms. The van der Waals surface area contributed by atoms with Crippen molar-refractivity contribution in [2.75, 3.05) is 25.1 Å². The molecule has 0 bridgehead atoms. The van der Waals surface area contributed by atoms with Crippen LogP contribution < -0.4 is 5.73 Å². The minimum absolute atomic E-state index is 0.123. The van der Waals surface area contributed by atoms with E-state index in [4.69, 9.17) is 10.5 Å². The summed E-state index contributed by atoms with van der Waals surface area (Å²) in [5.74, 6) is 1.08. The summed E-state index contributed by atoms with van der Waals surface area (Å²) in [5.41, 5.74) is 5.97. The van der Waals surface area contributed by atoms with Gasteiger partial charge in [0.2, 0.25) is 5.91 Å². The number of piperidine rings is 1. The van der Waals surface area contributed by atoms with Gasteiger partial charge in [-0.2, -0.15) is 11.8 Å². The molecular formula is C15H28N2O2S. The van der Waals surface area contributed by atoms with Crippen molar-refractivity contribution in [1.29, 1.82) is 0 Å². The number of ether oxygens (including phenoxy) is 1. The standard InChI is InChI=1S/C15H28N2O2S/c1-20-11-8-14(16)15(18)17-9-6-13(7-10-17)19-12-4-2-3-5-12/h12-14H,2-11,16H2,1H3/t14-/m0/s1. The molecule has 2 rings (SSSR count). The van der Waals surface area contributed by atoms with Crippen LogP contribution in [0.5, 0.6) is 0 Å². The van der Waals surface area contributed by atoms with Crippen LogP contribution in [0.4, 0.5) is 0 Å². The van der Waals surface area contributed by atoms with Crippen LogP contribution in [0.2, 0.25) is 0 Å². The minimum atomic E-state index is -0.324. The van der Waals surface area contributed by atoms with Gasteiger partial charge in [-0.25, -0.2) is 0 Å². The zero-order chi connectivity index (χ0) is 14.4. The van der Waals surface area contributed by atoms with E-state index in [-0.39, 0.29) is 11.9 Å². The first-order valence-electron chi connectivity index (χ1n) is 7.89. The van der Waals surface area contributed by atoms with E-state index in [0.29, 0.717) is 12.2 Å². The molecule has 1 atom stereocenters. The first-order valence-corrected chi connectivity index (χ1v) is 9.29. The Balaban J connectivity index is 1.68. The number of nitrogens with zero attached hydrogens (tertiary/aromatic N) is 1. The third-order valence-corrected chi connectivity index (χ3v) is 5.03. The smallest absolute Gasteiger partial charge is 0.239 e. The normalized spacial score (nSPS) is 23.2. The molecule has 1 heterocycles. The van der Waals surface area contributed by atoms with Gasteiger partial charge in [-0.3, -0.25) is 4.79 Å². The zero-order valence-corrected chi connectivity index (χ0v) is 13.4. The van der Waals surface area contributed by atoms with Crippen LogP contribution in [-0.4, -0.2) is 54.2 Å². The number of rotatable bonds is 6. The maximum absolute atomic E-state index is 12.2. The van der Waals surface area contributed by atoms with Crippen molar-refractivity contribution >= 4 is 17.7 Å². The first-order chi connectivity index (χ1) is 9.70. The van der Waals surface area contributed by atoms with Crippen molar-refractivity contribution in [3.63, 3.8) is 0 Å². The number of hydrogen-bond acceptors (Lipinski definition) is 4. The second-order valence-electron chi connectivity index (χ2n) is 5.96. The molecule has 0 aromatic rings. The van der Waals surface area contributed by atoms with Crippen molar-refractivity contribution in [2.24, 2.45) is 5.73 Å². The van der Waals surface area contributed by atoms with Crippen molar-refractivity contribution in [1.82, 2.24) is 4.90 Å². The molecule has 0 unspecified atom stereocenters. The van der Waals surface area contributed by atoms with E-state index in [1.54, 1.807) is 11.8 Å². The van der Waals surface area contributed by atoms with E-state index >= 15 is 0 Å². The molecule has 116 valence electrons. The lowest BCUT2D eigenvalue weighted by Crippen LogP contribution is -2.48. The average molecular weight is 300 g/mol. The molecule has 2 aliphatic rings. The van der Waals surface area contributed by atoms with E-state index in [1.165, 1.54) is 25.7 Å². The Kier molecular flexibility index (Phi) is 6.65. The van der Waals surface area contributed by atoms with Gasteiger partial charge >= 0.3 is 0 Å². The molecule has 5 heteroatoms. The van der Waals surface area contributed by atoms with Crippen molar-refractivity contribution in [3.05, 3.63) is 0 Å². The van der Waals surface area contributed by atoms with Crippen LogP contribution in [0.25, 0.3) is 0 Å². The maximum Gasteiger partial charge on any atom is 0.239 e. The highest BCUT2D eigenvalue weighted by atomic mass is 32.2. The van der Waals surface area contributed by atoms with Crippen molar-refractivity contribution < 1.29 is 9.53 Å². The van der Waals surface area contributed by atoms with Crippen molar-refractivity contribution in [3.8, 4) is 0 Å². The highest BCUT2D eigenvalue weighted by Gasteiger charge is 2.28. The lowest BCUT2D eigenvalue weighted by molar-refractivity contribution is -0.136. The van der Waals surface area contributed by atoms with Gasteiger partial charge in [-0.15, -0.1) is 0 Å².